The van der Waals surface area contributed by atoms with E-state index < -0.39 is 0 Å². The quantitative estimate of drug-likeness (QED) is 0.176. The van der Waals surface area contributed by atoms with E-state index in [0.717, 1.165) is 16.8 Å². The molecule has 6 aromatic rings. The van der Waals surface area contributed by atoms with Crippen molar-refractivity contribution in [3.05, 3.63) is 112 Å². The molecule has 0 spiro atoms. The van der Waals surface area contributed by atoms with Gasteiger partial charge in [-0.15, -0.1) is 11.3 Å². The highest BCUT2D eigenvalue weighted by molar-refractivity contribution is 7.07. The van der Waals surface area contributed by atoms with Gasteiger partial charge in [0.1, 0.15) is 17.2 Å². The fourth-order valence-electron chi connectivity index (χ4n) is 4.08. The minimum atomic E-state index is -0.326. The van der Waals surface area contributed by atoms with E-state index in [1.165, 1.54) is 23.5 Å². The van der Waals surface area contributed by atoms with Crippen LogP contribution >= 0.6 is 22.9 Å². The lowest BCUT2D eigenvalue weighted by Crippen LogP contribution is -2.11. The SMILES string of the molecule is COc1ccc(N=c2scc(-c3cc(-c4ccc(F)cc4)no3)n2/N=C/c2cnn(-c3ccc(Cl)cc3)c2)cc1OC. The molecule has 0 aliphatic carbocycles. The van der Waals surface area contributed by atoms with Gasteiger partial charge in [0.05, 0.1) is 38.0 Å². The topological polar surface area (TPSA) is 92.0 Å². The standard InChI is InChI=1S/C30H22ClFN6O3S/c1-39-27-12-9-23(13-29(27)40-2)35-30-38(34-16-19-15-33-37(17-19)24-10-5-21(31)6-11-24)26(18-42-30)28-14-25(36-41-28)20-3-7-22(32)8-4-20/h3-18H,1-2H3/b34-16+,35-30?. The molecule has 3 heterocycles. The van der Waals surface area contributed by atoms with Gasteiger partial charge in [-0.1, -0.05) is 16.8 Å². The fraction of sp³-hybridized carbons (Fsp3) is 0.0667. The number of nitrogens with zero attached hydrogens (tertiary/aromatic N) is 6. The maximum Gasteiger partial charge on any atom is 0.211 e. The molecule has 3 aromatic heterocycles. The summed E-state index contributed by atoms with van der Waals surface area (Å²) in [5.74, 6) is 1.29. The van der Waals surface area contributed by atoms with Crippen LogP contribution in [-0.2, 0) is 0 Å². The smallest absolute Gasteiger partial charge is 0.211 e. The van der Waals surface area contributed by atoms with E-state index in [4.69, 9.17) is 35.7 Å². The zero-order valence-electron chi connectivity index (χ0n) is 22.3. The Bertz CT molecular complexity index is 1940. The predicted molar refractivity (Wildman–Crippen MR) is 160 cm³/mol. The summed E-state index contributed by atoms with van der Waals surface area (Å²) in [5, 5.41) is 15.9. The molecule has 0 saturated heterocycles. The van der Waals surface area contributed by atoms with Crippen LogP contribution in [0.2, 0.25) is 5.02 Å². The predicted octanol–water partition coefficient (Wildman–Crippen LogP) is 6.98. The highest BCUT2D eigenvalue weighted by Crippen LogP contribution is 2.31. The van der Waals surface area contributed by atoms with Crippen molar-refractivity contribution in [2.45, 2.75) is 0 Å². The van der Waals surface area contributed by atoms with E-state index in [0.29, 0.717) is 44.2 Å². The van der Waals surface area contributed by atoms with Gasteiger partial charge in [-0.25, -0.2) is 18.7 Å². The highest BCUT2D eigenvalue weighted by Gasteiger charge is 2.15. The minimum absolute atomic E-state index is 0.326. The fourth-order valence-corrected chi connectivity index (χ4v) is 5.04. The lowest BCUT2D eigenvalue weighted by Gasteiger charge is -2.07. The summed E-state index contributed by atoms with van der Waals surface area (Å²) in [4.78, 5) is 5.38. The van der Waals surface area contributed by atoms with E-state index in [2.05, 4.69) is 10.3 Å². The van der Waals surface area contributed by atoms with Crippen LogP contribution in [-0.4, -0.2) is 40.0 Å². The number of hydrogen-bond acceptors (Lipinski definition) is 8. The van der Waals surface area contributed by atoms with Crippen LogP contribution in [0.25, 0.3) is 28.4 Å². The van der Waals surface area contributed by atoms with Crippen molar-refractivity contribution in [2.75, 3.05) is 14.2 Å². The number of halogens is 2. The van der Waals surface area contributed by atoms with Gasteiger partial charge in [-0.3, -0.25) is 0 Å². The van der Waals surface area contributed by atoms with Gasteiger partial charge in [0.15, 0.2) is 17.3 Å². The molecule has 9 nitrogen and oxygen atoms in total. The third-order valence-electron chi connectivity index (χ3n) is 6.20. The largest absolute Gasteiger partial charge is 0.493 e. The van der Waals surface area contributed by atoms with Crippen LogP contribution in [0.4, 0.5) is 10.1 Å². The Balaban J connectivity index is 1.40. The van der Waals surface area contributed by atoms with Crippen molar-refractivity contribution in [3.63, 3.8) is 0 Å². The normalized spacial score (nSPS) is 11.9. The molecule has 0 saturated carbocycles. The summed E-state index contributed by atoms with van der Waals surface area (Å²) >= 11 is 7.40. The van der Waals surface area contributed by atoms with Crippen LogP contribution < -0.4 is 14.3 Å². The molecular formula is C30H22ClFN6O3S. The summed E-state index contributed by atoms with van der Waals surface area (Å²) in [5.41, 5.74) is 4.18. The van der Waals surface area contributed by atoms with Gasteiger partial charge in [0, 0.05) is 39.9 Å². The van der Waals surface area contributed by atoms with Gasteiger partial charge in [0.25, 0.3) is 0 Å². The number of hydrogen-bond donors (Lipinski definition) is 0. The van der Waals surface area contributed by atoms with E-state index in [-0.39, 0.29) is 5.82 Å². The summed E-state index contributed by atoms with van der Waals surface area (Å²) in [6.45, 7) is 0. The first-order valence-corrected chi connectivity index (χ1v) is 13.8. The first-order valence-electron chi connectivity index (χ1n) is 12.6. The molecule has 0 fully saturated rings. The number of thiazole rings is 1. The lowest BCUT2D eigenvalue weighted by molar-refractivity contribution is 0.355. The Morgan fingerprint density at radius 2 is 1.76 bits per heavy atom. The van der Waals surface area contributed by atoms with E-state index in [9.17, 15) is 4.39 Å². The van der Waals surface area contributed by atoms with Crippen LogP contribution in [0.1, 0.15) is 5.56 Å². The van der Waals surface area contributed by atoms with Gasteiger partial charge in [-0.2, -0.15) is 10.2 Å². The van der Waals surface area contributed by atoms with Crippen molar-refractivity contribution in [3.8, 4) is 39.9 Å². The Labute approximate surface area is 248 Å². The molecule has 0 N–H and O–H groups in total. The number of ether oxygens (including phenoxy) is 2. The maximum absolute atomic E-state index is 13.4. The Morgan fingerprint density at radius 1 is 0.976 bits per heavy atom. The van der Waals surface area contributed by atoms with E-state index >= 15 is 0 Å². The lowest BCUT2D eigenvalue weighted by atomic mass is 10.1. The zero-order chi connectivity index (χ0) is 29.1. The second-order valence-corrected chi connectivity index (χ2v) is 10.2. The van der Waals surface area contributed by atoms with Crippen LogP contribution in [0.15, 0.2) is 105 Å². The van der Waals surface area contributed by atoms with E-state index in [1.54, 1.807) is 78.5 Å². The molecule has 0 aliphatic heterocycles. The molecular weight excluding hydrogens is 579 g/mol. The molecule has 6 rings (SSSR count). The minimum Gasteiger partial charge on any atom is -0.493 e. The molecule has 0 amide bonds. The average molecular weight is 601 g/mol. The first kappa shape index (κ1) is 27.2. The first-order chi connectivity index (χ1) is 20.5. The van der Waals surface area contributed by atoms with Crippen LogP contribution in [0.3, 0.4) is 0 Å². The van der Waals surface area contributed by atoms with Gasteiger partial charge in [-0.05, 0) is 60.7 Å². The molecule has 0 atom stereocenters. The molecule has 0 bridgehead atoms. The molecule has 210 valence electrons. The van der Waals surface area contributed by atoms with Gasteiger partial charge < -0.3 is 14.0 Å². The van der Waals surface area contributed by atoms with Gasteiger partial charge in [0.2, 0.25) is 4.80 Å². The molecule has 42 heavy (non-hydrogen) atoms. The molecule has 12 heteroatoms. The Morgan fingerprint density at radius 3 is 2.52 bits per heavy atom. The Kier molecular flexibility index (Phi) is 7.67. The monoisotopic (exact) mass is 600 g/mol. The highest BCUT2D eigenvalue weighted by atomic mass is 35.5. The molecule has 0 radical (unpaired) electrons. The number of benzene rings is 3. The third-order valence-corrected chi connectivity index (χ3v) is 7.26. The second-order valence-electron chi connectivity index (χ2n) is 8.89. The van der Waals surface area contributed by atoms with Crippen molar-refractivity contribution in [1.29, 1.82) is 0 Å². The van der Waals surface area contributed by atoms with Crippen molar-refractivity contribution in [1.82, 2.24) is 19.6 Å². The molecule has 0 unspecified atom stereocenters. The second kappa shape index (κ2) is 11.9. The van der Waals surface area contributed by atoms with Crippen LogP contribution in [0.5, 0.6) is 11.5 Å². The number of aromatic nitrogens is 4. The van der Waals surface area contributed by atoms with Crippen LogP contribution in [0, 0.1) is 5.82 Å². The Hall–Kier alpha value is -5.00. The van der Waals surface area contributed by atoms with Gasteiger partial charge >= 0.3 is 0 Å². The summed E-state index contributed by atoms with van der Waals surface area (Å²) in [7, 11) is 3.15. The van der Waals surface area contributed by atoms with E-state index in [1.807, 2.05) is 29.8 Å². The maximum atomic E-state index is 13.4. The van der Waals surface area contributed by atoms with Crippen molar-refractivity contribution in [2.24, 2.45) is 10.1 Å². The summed E-state index contributed by atoms with van der Waals surface area (Å²) in [6.07, 6.45) is 5.24. The molecule has 3 aromatic carbocycles. The average Bonchev–Trinajstić information content (AvgIpc) is 3.77. The summed E-state index contributed by atoms with van der Waals surface area (Å²) < 4.78 is 33.3. The van der Waals surface area contributed by atoms with Crippen molar-refractivity contribution < 1.29 is 18.4 Å². The zero-order valence-corrected chi connectivity index (χ0v) is 23.9. The van der Waals surface area contributed by atoms with Crippen molar-refractivity contribution >= 4 is 34.8 Å². The third kappa shape index (κ3) is 5.73. The number of methoxy groups -OCH3 is 2. The number of rotatable bonds is 8. The molecule has 0 aliphatic rings. The summed E-state index contributed by atoms with van der Waals surface area (Å²) in [6, 6.07) is 20.6.